The van der Waals surface area contributed by atoms with Gasteiger partial charge in [-0.2, -0.15) is 0 Å². The molecule has 0 aromatic carbocycles. The van der Waals surface area contributed by atoms with Gasteiger partial charge in [-0.1, -0.05) is 39.5 Å². The maximum atomic E-state index is 2.31. The maximum Gasteiger partial charge on any atom is -0.0536 e. The van der Waals surface area contributed by atoms with Crippen LogP contribution in [0.15, 0.2) is 0 Å². The summed E-state index contributed by atoms with van der Waals surface area (Å²) >= 11 is 0.755. The fourth-order valence-corrected chi connectivity index (χ4v) is 2.79. The first kappa shape index (κ1) is 21.7. The number of rotatable bonds is 7. The van der Waals surface area contributed by atoms with Crippen molar-refractivity contribution in [1.82, 2.24) is 0 Å². The molecule has 0 rings (SSSR count). The van der Waals surface area contributed by atoms with E-state index in [1.807, 2.05) is 0 Å². The van der Waals surface area contributed by atoms with Crippen LogP contribution in [-0.4, -0.2) is 20.7 Å². The molecule has 0 aliphatic rings. The van der Waals surface area contributed by atoms with Crippen LogP contribution in [0.2, 0.25) is 10.6 Å². The van der Waals surface area contributed by atoms with Crippen molar-refractivity contribution in [2.75, 3.05) is 0 Å². The predicted molar refractivity (Wildman–Crippen MR) is 76.8 cm³/mol. The van der Waals surface area contributed by atoms with Crippen molar-refractivity contribution in [1.29, 1.82) is 0 Å². The van der Waals surface area contributed by atoms with Gasteiger partial charge in [0.1, 0.15) is 0 Å². The van der Waals surface area contributed by atoms with E-state index in [4.69, 9.17) is 0 Å². The van der Waals surface area contributed by atoms with Gasteiger partial charge in [0.05, 0.1) is 0 Å². The minimum Gasteiger partial charge on any atom is -0.870 e. The van der Waals surface area contributed by atoms with Crippen LogP contribution in [-0.2, 0) is 0 Å². The molecule has 0 aliphatic carbocycles. The molecule has 1 nitrogen and oxygen atoms in total. The van der Waals surface area contributed by atoms with Crippen LogP contribution >= 0.6 is 0 Å². The molecular weight excluding hydrogens is 211 g/mol. The van der Waals surface area contributed by atoms with Gasteiger partial charge in [-0.15, -0.1) is 0 Å². The summed E-state index contributed by atoms with van der Waals surface area (Å²) in [7, 11) is 0. The van der Waals surface area contributed by atoms with E-state index >= 15 is 0 Å². The second kappa shape index (κ2) is 17.9. The Labute approximate surface area is 110 Å². The van der Waals surface area contributed by atoms with Crippen molar-refractivity contribution >= 4 is 15.2 Å². The Morgan fingerprint density at radius 1 is 0.750 bits per heavy atom. The van der Waals surface area contributed by atoms with Gasteiger partial charge in [-0.05, 0) is 0 Å². The van der Waals surface area contributed by atoms with Crippen molar-refractivity contribution in [3.05, 3.63) is 0 Å². The van der Waals surface area contributed by atoms with Crippen LogP contribution in [0.4, 0.5) is 0 Å². The molecule has 0 aromatic heterocycles. The van der Waals surface area contributed by atoms with Gasteiger partial charge in [0.2, 0.25) is 0 Å². The smallest absolute Gasteiger partial charge is 0.0536 e. The monoisotopic (exact) mass is 244 g/mol. The molecule has 0 saturated carbocycles. The molecule has 0 aliphatic heterocycles. The van der Waals surface area contributed by atoms with E-state index in [9.17, 15) is 0 Å². The third-order valence-electron chi connectivity index (χ3n) is 2.23. The zero-order chi connectivity index (χ0) is 12.1. The summed E-state index contributed by atoms with van der Waals surface area (Å²) in [6.45, 7) is 13.7. The molecule has 0 amide bonds. The Kier molecular flexibility index (Phi) is 24.3. The topological polar surface area (TPSA) is 30.0 Å². The first-order chi connectivity index (χ1) is 7.04. The fraction of sp³-hybridized carbons (Fsp3) is 1.00. The second-order valence-corrected chi connectivity index (χ2v) is 6.78. The number of hydrogen-bond acceptors (Lipinski definition) is 1. The molecule has 0 bridgehead atoms. The second-order valence-electron chi connectivity index (χ2n) is 5.25. The molecule has 0 heterocycles. The van der Waals surface area contributed by atoms with Crippen molar-refractivity contribution in [2.24, 2.45) is 11.8 Å². The Bertz CT molecular complexity index is 90.9. The molecular formula is C14H33AlO. The molecule has 1 N–H and O–H groups in total. The molecule has 0 radical (unpaired) electrons. The van der Waals surface area contributed by atoms with Crippen LogP contribution < -0.4 is 0 Å². The van der Waals surface area contributed by atoms with E-state index in [-0.39, 0.29) is 5.48 Å². The molecule has 0 spiro atoms. The third kappa shape index (κ3) is 29.3. The van der Waals surface area contributed by atoms with Gasteiger partial charge in [-0.25, -0.2) is 0 Å². The standard InChI is InChI=1S/C6H14.2C4H9.Al.H2O/c1-3-5-6-4-2;2*1-4(2)3;;/h3-6H2,1-2H3;2*4H,1H2,2-3H3;;1H2/q;;;+1;/p-1. The minimum absolute atomic E-state index is 0. The molecule has 0 aromatic rings. The molecule has 0 fully saturated rings. The van der Waals surface area contributed by atoms with E-state index in [1.165, 1.54) is 36.2 Å². The quantitative estimate of drug-likeness (QED) is 0.444. The number of unbranched alkanes of at least 4 members (excludes halogenated alkanes) is 3. The van der Waals surface area contributed by atoms with Gasteiger partial charge in [0, 0.05) is 0 Å². The first-order valence-electron chi connectivity index (χ1n) is 6.86. The summed E-state index contributed by atoms with van der Waals surface area (Å²) in [6, 6.07) is 0. The van der Waals surface area contributed by atoms with Gasteiger partial charge in [0.15, 0.2) is 0 Å². The van der Waals surface area contributed by atoms with Gasteiger partial charge >= 0.3 is 65.3 Å². The van der Waals surface area contributed by atoms with Gasteiger partial charge in [0.25, 0.3) is 0 Å². The Hall–Kier alpha value is 0.492. The molecule has 2 heteroatoms. The van der Waals surface area contributed by atoms with Crippen LogP contribution in [0.3, 0.4) is 0 Å². The first-order valence-corrected chi connectivity index (χ1v) is 8.49. The average Bonchev–Trinajstić information content (AvgIpc) is 2.14. The third-order valence-corrected chi connectivity index (χ3v) is 4.79. The maximum absolute atomic E-state index is 2.31. The predicted octanol–water partition coefficient (Wildman–Crippen LogP) is 5.25. The van der Waals surface area contributed by atoms with Gasteiger partial charge in [-0.3, -0.25) is 0 Å². The molecule has 0 saturated heterocycles. The number of hydrogen-bond donors (Lipinski definition) is 0. The molecule has 0 unspecified atom stereocenters. The minimum atomic E-state index is 0. The van der Waals surface area contributed by atoms with Crippen molar-refractivity contribution < 1.29 is 5.48 Å². The average molecular weight is 244 g/mol. The normalized spacial score (nSPS) is 9.25. The van der Waals surface area contributed by atoms with E-state index in [0.717, 1.165) is 27.1 Å². The molecule has 98 valence electrons. The largest absolute Gasteiger partial charge is 0.870 e. The van der Waals surface area contributed by atoms with Crippen molar-refractivity contribution in [3.63, 3.8) is 0 Å². The van der Waals surface area contributed by atoms with E-state index in [0.29, 0.717) is 0 Å². The summed E-state index contributed by atoms with van der Waals surface area (Å²) in [5, 5.41) is 2.97. The van der Waals surface area contributed by atoms with Crippen LogP contribution in [0.5, 0.6) is 0 Å². The van der Waals surface area contributed by atoms with Crippen LogP contribution in [0.25, 0.3) is 0 Å². The van der Waals surface area contributed by atoms with Crippen LogP contribution in [0.1, 0.15) is 67.2 Å². The summed E-state index contributed by atoms with van der Waals surface area (Å²) in [6.07, 6.45) is 5.54. The molecule has 16 heavy (non-hydrogen) atoms. The molecule has 0 atom stereocenters. The summed E-state index contributed by atoms with van der Waals surface area (Å²) in [5.74, 6) is 1.86. The zero-order valence-corrected chi connectivity index (χ0v) is 13.6. The Balaban J connectivity index is -0.000000214. The Morgan fingerprint density at radius 3 is 1.25 bits per heavy atom. The van der Waals surface area contributed by atoms with E-state index < -0.39 is 0 Å². The van der Waals surface area contributed by atoms with Crippen molar-refractivity contribution in [2.45, 2.75) is 77.8 Å². The van der Waals surface area contributed by atoms with E-state index in [1.54, 1.807) is 0 Å². The summed E-state index contributed by atoms with van der Waals surface area (Å²) < 4.78 is 0. The van der Waals surface area contributed by atoms with Crippen LogP contribution in [0, 0.1) is 11.8 Å². The van der Waals surface area contributed by atoms with Gasteiger partial charge < -0.3 is 5.48 Å². The Morgan fingerprint density at radius 2 is 1.06 bits per heavy atom. The fourth-order valence-electron chi connectivity index (χ4n) is 1.26. The zero-order valence-electron chi connectivity index (χ0n) is 12.4. The SMILES string of the molecule is CC(C)[CH2][Al+][CH2]C(C)C.CCCCCC.[OH-]. The summed E-state index contributed by atoms with van der Waals surface area (Å²) in [4.78, 5) is 0. The van der Waals surface area contributed by atoms with Crippen molar-refractivity contribution in [3.8, 4) is 0 Å². The van der Waals surface area contributed by atoms with E-state index in [2.05, 4.69) is 41.5 Å². The summed E-state index contributed by atoms with van der Waals surface area (Å²) in [5.41, 5.74) is 0.